The number of hydrogen-bond donors (Lipinski definition) is 0. The molecule has 1 heterocycles. The van der Waals surface area contributed by atoms with Crippen LogP contribution in [0.5, 0.6) is 0 Å². The Morgan fingerprint density at radius 1 is 1.10 bits per heavy atom. The standard InChI is InChI=1S/C17H14N2S2/c1-20-14-7-4-12(5-8-14)2-3-13-6-9-15-16(10-13)21-17(11-18)19-15/h4-10H,2-3H2,1H3. The normalized spacial score (nSPS) is 10.7. The Bertz CT molecular complexity index is 798. The van der Waals surface area contributed by atoms with Gasteiger partial charge in [-0.1, -0.05) is 18.2 Å². The zero-order valence-corrected chi connectivity index (χ0v) is 13.3. The average Bonchev–Trinajstić information content (AvgIpc) is 2.95. The summed E-state index contributed by atoms with van der Waals surface area (Å²) in [6.45, 7) is 0. The first-order valence-corrected chi connectivity index (χ1v) is 8.75. The van der Waals surface area contributed by atoms with E-state index in [4.69, 9.17) is 5.26 Å². The van der Waals surface area contributed by atoms with Gasteiger partial charge in [-0.05, 0) is 54.5 Å². The molecule has 3 rings (SSSR count). The third-order valence-electron chi connectivity index (χ3n) is 3.41. The number of aromatic nitrogens is 1. The quantitative estimate of drug-likeness (QED) is 0.657. The fraction of sp³-hybridized carbons (Fsp3) is 0.176. The average molecular weight is 310 g/mol. The Morgan fingerprint density at radius 3 is 2.52 bits per heavy atom. The van der Waals surface area contributed by atoms with Crippen LogP contribution in [0.3, 0.4) is 0 Å². The Labute approximate surface area is 132 Å². The van der Waals surface area contributed by atoms with E-state index in [1.54, 1.807) is 11.8 Å². The van der Waals surface area contributed by atoms with Gasteiger partial charge in [0.15, 0.2) is 5.01 Å². The third-order valence-corrected chi connectivity index (χ3v) is 5.08. The molecule has 0 fully saturated rings. The molecule has 0 aliphatic heterocycles. The van der Waals surface area contributed by atoms with E-state index in [0.29, 0.717) is 5.01 Å². The molecule has 1 aromatic heterocycles. The van der Waals surface area contributed by atoms with Crippen LogP contribution in [0.2, 0.25) is 0 Å². The summed E-state index contributed by atoms with van der Waals surface area (Å²) in [5, 5.41) is 9.44. The van der Waals surface area contributed by atoms with Crippen molar-refractivity contribution >= 4 is 33.3 Å². The lowest BCUT2D eigenvalue weighted by molar-refractivity contribution is 0.960. The van der Waals surface area contributed by atoms with Crippen molar-refractivity contribution in [3.63, 3.8) is 0 Å². The minimum Gasteiger partial charge on any atom is -0.226 e. The van der Waals surface area contributed by atoms with Gasteiger partial charge in [-0.2, -0.15) is 5.26 Å². The summed E-state index contributed by atoms with van der Waals surface area (Å²) in [7, 11) is 0. The largest absolute Gasteiger partial charge is 0.226 e. The second kappa shape index (κ2) is 6.30. The molecular formula is C17H14N2S2. The Kier molecular flexibility index (Phi) is 4.23. The molecule has 4 heteroatoms. The van der Waals surface area contributed by atoms with Gasteiger partial charge in [0.05, 0.1) is 10.2 Å². The third kappa shape index (κ3) is 3.26. The summed E-state index contributed by atoms with van der Waals surface area (Å²) >= 11 is 3.23. The van der Waals surface area contributed by atoms with Gasteiger partial charge < -0.3 is 0 Å². The highest BCUT2D eigenvalue weighted by Gasteiger charge is 2.04. The van der Waals surface area contributed by atoms with Gasteiger partial charge in [-0.25, -0.2) is 4.98 Å². The van der Waals surface area contributed by atoms with E-state index in [2.05, 4.69) is 53.7 Å². The van der Waals surface area contributed by atoms with Gasteiger partial charge in [0.25, 0.3) is 0 Å². The molecule has 2 nitrogen and oxygen atoms in total. The molecular weight excluding hydrogens is 296 g/mol. The van der Waals surface area contributed by atoms with Crippen LogP contribution in [-0.2, 0) is 12.8 Å². The van der Waals surface area contributed by atoms with E-state index >= 15 is 0 Å². The van der Waals surface area contributed by atoms with Crippen LogP contribution in [0.15, 0.2) is 47.4 Å². The lowest BCUT2D eigenvalue weighted by Gasteiger charge is -2.03. The van der Waals surface area contributed by atoms with Crippen molar-refractivity contribution in [1.82, 2.24) is 4.98 Å². The minimum absolute atomic E-state index is 0.537. The molecule has 0 unspecified atom stereocenters. The number of thiazole rings is 1. The molecule has 0 saturated heterocycles. The van der Waals surface area contributed by atoms with Crippen LogP contribution in [0.25, 0.3) is 10.2 Å². The highest BCUT2D eigenvalue weighted by Crippen LogP contribution is 2.23. The fourth-order valence-electron chi connectivity index (χ4n) is 2.25. The Hall–Kier alpha value is -1.83. The summed E-state index contributed by atoms with van der Waals surface area (Å²) in [6, 6.07) is 17.1. The van der Waals surface area contributed by atoms with Gasteiger partial charge in [0.1, 0.15) is 6.07 Å². The number of thioether (sulfide) groups is 1. The molecule has 0 spiro atoms. The van der Waals surface area contributed by atoms with E-state index in [0.717, 1.165) is 23.1 Å². The van der Waals surface area contributed by atoms with Crippen LogP contribution in [0, 0.1) is 11.3 Å². The first-order valence-electron chi connectivity index (χ1n) is 6.71. The van der Waals surface area contributed by atoms with E-state index in [9.17, 15) is 0 Å². The molecule has 21 heavy (non-hydrogen) atoms. The maximum atomic E-state index is 8.90. The molecule has 0 saturated carbocycles. The second-order valence-electron chi connectivity index (χ2n) is 4.78. The van der Waals surface area contributed by atoms with Crippen LogP contribution in [-0.4, -0.2) is 11.2 Å². The van der Waals surface area contributed by atoms with Crippen molar-refractivity contribution in [2.75, 3.05) is 6.26 Å². The number of benzene rings is 2. The van der Waals surface area contributed by atoms with Gasteiger partial charge in [0.2, 0.25) is 0 Å². The van der Waals surface area contributed by atoms with Gasteiger partial charge in [-0.3, -0.25) is 0 Å². The molecule has 0 amide bonds. The number of fused-ring (bicyclic) bond motifs is 1. The summed E-state index contributed by atoms with van der Waals surface area (Å²) in [5.41, 5.74) is 3.57. The number of rotatable bonds is 4. The SMILES string of the molecule is CSc1ccc(CCc2ccc3nc(C#N)sc3c2)cc1. The predicted molar refractivity (Wildman–Crippen MR) is 90.0 cm³/mol. The van der Waals surface area contributed by atoms with Gasteiger partial charge >= 0.3 is 0 Å². The molecule has 0 aliphatic rings. The zero-order valence-electron chi connectivity index (χ0n) is 11.7. The highest BCUT2D eigenvalue weighted by molar-refractivity contribution is 7.98. The first-order chi connectivity index (χ1) is 10.3. The lowest BCUT2D eigenvalue weighted by Crippen LogP contribution is -1.91. The van der Waals surface area contributed by atoms with Crippen molar-refractivity contribution in [1.29, 1.82) is 5.26 Å². The molecule has 104 valence electrons. The number of nitrogens with zero attached hydrogens (tertiary/aromatic N) is 2. The first kappa shape index (κ1) is 14.1. The smallest absolute Gasteiger partial charge is 0.195 e. The summed E-state index contributed by atoms with van der Waals surface area (Å²) in [4.78, 5) is 5.56. The maximum Gasteiger partial charge on any atom is 0.195 e. The molecule has 0 N–H and O–H groups in total. The molecule has 3 aromatic rings. The minimum atomic E-state index is 0.537. The van der Waals surface area contributed by atoms with Crippen molar-refractivity contribution in [3.05, 3.63) is 58.6 Å². The Morgan fingerprint density at radius 2 is 1.81 bits per heavy atom. The van der Waals surface area contributed by atoms with E-state index in [1.807, 2.05) is 6.07 Å². The monoisotopic (exact) mass is 310 g/mol. The van der Waals surface area contributed by atoms with Crippen molar-refractivity contribution in [3.8, 4) is 6.07 Å². The molecule has 0 radical (unpaired) electrons. The van der Waals surface area contributed by atoms with E-state index < -0.39 is 0 Å². The summed E-state index contributed by atoms with van der Waals surface area (Å²) in [6.07, 6.45) is 4.13. The second-order valence-corrected chi connectivity index (χ2v) is 6.69. The van der Waals surface area contributed by atoms with Crippen molar-refractivity contribution in [2.24, 2.45) is 0 Å². The fourth-order valence-corrected chi connectivity index (χ4v) is 3.49. The number of hydrogen-bond acceptors (Lipinski definition) is 4. The maximum absolute atomic E-state index is 8.90. The van der Waals surface area contributed by atoms with Gasteiger partial charge in [-0.15, -0.1) is 23.1 Å². The number of nitriles is 1. The van der Waals surface area contributed by atoms with Crippen LogP contribution in [0.1, 0.15) is 16.1 Å². The molecule has 2 aromatic carbocycles. The van der Waals surface area contributed by atoms with Gasteiger partial charge in [0, 0.05) is 4.90 Å². The molecule has 0 aliphatic carbocycles. The van der Waals surface area contributed by atoms with Crippen molar-refractivity contribution < 1.29 is 0 Å². The van der Waals surface area contributed by atoms with Crippen LogP contribution >= 0.6 is 23.1 Å². The zero-order chi connectivity index (χ0) is 14.7. The summed E-state index contributed by atoms with van der Waals surface area (Å²) < 4.78 is 1.10. The van der Waals surface area contributed by atoms with E-state index in [-0.39, 0.29) is 0 Å². The molecule has 0 atom stereocenters. The van der Waals surface area contributed by atoms with Crippen LogP contribution < -0.4 is 0 Å². The van der Waals surface area contributed by atoms with Crippen LogP contribution in [0.4, 0.5) is 0 Å². The lowest BCUT2D eigenvalue weighted by atomic mass is 10.0. The highest BCUT2D eigenvalue weighted by atomic mass is 32.2. The van der Waals surface area contributed by atoms with Crippen molar-refractivity contribution in [2.45, 2.75) is 17.7 Å². The molecule has 0 bridgehead atoms. The number of aryl methyl sites for hydroxylation is 2. The topological polar surface area (TPSA) is 36.7 Å². The van der Waals surface area contributed by atoms with E-state index in [1.165, 1.54) is 27.4 Å². The summed E-state index contributed by atoms with van der Waals surface area (Å²) in [5.74, 6) is 0. The predicted octanol–water partition coefficient (Wildman–Crippen LogP) is 4.68. The Balaban J connectivity index is 1.73.